The smallest absolute Gasteiger partial charge is 0.286 e. The summed E-state index contributed by atoms with van der Waals surface area (Å²) in [6.45, 7) is 7.12. The van der Waals surface area contributed by atoms with Gasteiger partial charge in [-0.15, -0.1) is 0 Å². The first kappa shape index (κ1) is 20.4. The van der Waals surface area contributed by atoms with Crippen LogP contribution in [0.25, 0.3) is 0 Å². The van der Waals surface area contributed by atoms with Gasteiger partial charge in [0.25, 0.3) is 5.91 Å². The van der Waals surface area contributed by atoms with Crippen LogP contribution in [0.15, 0.2) is 40.8 Å². The van der Waals surface area contributed by atoms with E-state index in [4.69, 9.17) is 9.15 Å². The molecule has 142 valence electrons. The summed E-state index contributed by atoms with van der Waals surface area (Å²) >= 11 is 0. The highest BCUT2D eigenvalue weighted by atomic mass is 32.2. The second-order valence-electron chi connectivity index (χ2n) is 6.51. The molecule has 1 aromatic carbocycles. The molecule has 1 atom stereocenters. The zero-order valence-corrected chi connectivity index (χ0v) is 16.4. The number of carbonyl (C=O) groups is 1. The predicted molar refractivity (Wildman–Crippen MR) is 103 cm³/mol. The Morgan fingerprint density at radius 1 is 1.15 bits per heavy atom. The SMILES string of the molecule is Cc1ccc(C[S@](=O)Cc2ccc(C(=O)NCCCOC(C)C)o2)cc1. The van der Waals surface area contributed by atoms with Crippen LogP contribution in [0.5, 0.6) is 0 Å². The van der Waals surface area contributed by atoms with Crippen LogP contribution in [0.3, 0.4) is 0 Å². The van der Waals surface area contributed by atoms with E-state index >= 15 is 0 Å². The molecule has 6 heteroatoms. The van der Waals surface area contributed by atoms with E-state index in [1.807, 2.05) is 45.0 Å². The number of hydrogen-bond donors (Lipinski definition) is 1. The first-order valence-corrected chi connectivity index (χ1v) is 10.3. The van der Waals surface area contributed by atoms with Crippen molar-refractivity contribution >= 4 is 16.7 Å². The molecule has 0 saturated carbocycles. The van der Waals surface area contributed by atoms with Gasteiger partial charge in [0, 0.05) is 29.7 Å². The number of benzene rings is 1. The summed E-state index contributed by atoms with van der Waals surface area (Å²) in [6, 6.07) is 11.3. The first-order valence-electron chi connectivity index (χ1n) is 8.83. The van der Waals surface area contributed by atoms with Gasteiger partial charge in [0.1, 0.15) is 5.76 Å². The zero-order chi connectivity index (χ0) is 18.9. The van der Waals surface area contributed by atoms with Crippen molar-refractivity contribution in [2.45, 2.75) is 44.8 Å². The molecule has 1 aromatic heterocycles. The molecule has 5 nitrogen and oxygen atoms in total. The maximum Gasteiger partial charge on any atom is 0.286 e. The number of aryl methyl sites for hydroxylation is 1. The Kier molecular flexibility index (Phi) is 8.06. The summed E-state index contributed by atoms with van der Waals surface area (Å²) in [5, 5.41) is 2.80. The molecule has 2 rings (SSSR count). The first-order chi connectivity index (χ1) is 12.4. The Balaban J connectivity index is 1.76. The van der Waals surface area contributed by atoms with Crippen LogP contribution in [0.1, 0.15) is 47.7 Å². The van der Waals surface area contributed by atoms with Crippen LogP contribution in [-0.2, 0) is 27.0 Å². The third-order valence-electron chi connectivity index (χ3n) is 3.69. The monoisotopic (exact) mass is 377 g/mol. The van der Waals surface area contributed by atoms with E-state index in [1.54, 1.807) is 12.1 Å². The van der Waals surface area contributed by atoms with Crippen LogP contribution in [-0.4, -0.2) is 29.4 Å². The summed E-state index contributed by atoms with van der Waals surface area (Å²) in [4.78, 5) is 12.0. The highest BCUT2D eigenvalue weighted by molar-refractivity contribution is 7.83. The van der Waals surface area contributed by atoms with Crippen molar-refractivity contribution in [2.24, 2.45) is 0 Å². The van der Waals surface area contributed by atoms with Crippen LogP contribution < -0.4 is 5.32 Å². The van der Waals surface area contributed by atoms with E-state index in [9.17, 15) is 9.00 Å². The fourth-order valence-corrected chi connectivity index (χ4v) is 3.48. The van der Waals surface area contributed by atoms with Crippen molar-refractivity contribution in [1.82, 2.24) is 5.32 Å². The average molecular weight is 378 g/mol. The Morgan fingerprint density at radius 2 is 1.88 bits per heavy atom. The zero-order valence-electron chi connectivity index (χ0n) is 15.6. The quantitative estimate of drug-likeness (QED) is 0.643. The van der Waals surface area contributed by atoms with Gasteiger partial charge in [0.15, 0.2) is 5.76 Å². The lowest BCUT2D eigenvalue weighted by Crippen LogP contribution is -2.25. The van der Waals surface area contributed by atoms with Gasteiger partial charge in [-0.05, 0) is 44.9 Å². The highest BCUT2D eigenvalue weighted by Gasteiger charge is 2.13. The maximum absolute atomic E-state index is 12.3. The highest BCUT2D eigenvalue weighted by Crippen LogP contribution is 2.13. The van der Waals surface area contributed by atoms with Gasteiger partial charge in [-0.1, -0.05) is 29.8 Å². The van der Waals surface area contributed by atoms with Gasteiger partial charge >= 0.3 is 0 Å². The minimum atomic E-state index is -1.08. The van der Waals surface area contributed by atoms with E-state index in [0.717, 1.165) is 12.0 Å². The van der Waals surface area contributed by atoms with Crippen molar-refractivity contribution in [3.8, 4) is 0 Å². The molecule has 0 radical (unpaired) electrons. The second-order valence-corrected chi connectivity index (χ2v) is 7.97. The molecule has 2 aromatic rings. The molecular weight excluding hydrogens is 350 g/mol. The molecule has 26 heavy (non-hydrogen) atoms. The minimum Gasteiger partial charge on any atom is -0.455 e. The molecule has 1 heterocycles. The van der Waals surface area contributed by atoms with E-state index in [0.29, 0.717) is 30.4 Å². The second kappa shape index (κ2) is 10.3. The van der Waals surface area contributed by atoms with Crippen LogP contribution in [0, 0.1) is 6.92 Å². The van der Waals surface area contributed by atoms with Gasteiger partial charge in [-0.2, -0.15) is 0 Å². The Morgan fingerprint density at radius 3 is 2.58 bits per heavy atom. The summed E-state index contributed by atoms with van der Waals surface area (Å²) in [5.74, 6) is 1.31. The van der Waals surface area contributed by atoms with Crippen molar-refractivity contribution in [3.63, 3.8) is 0 Å². The molecule has 0 aliphatic heterocycles. The van der Waals surface area contributed by atoms with E-state index in [-0.39, 0.29) is 17.8 Å². The van der Waals surface area contributed by atoms with Gasteiger partial charge in [0.2, 0.25) is 0 Å². The molecule has 0 fully saturated rings. The molecule has 0 spiro atoms. The van der Waals surface area contributed by atoms with Crippen molar-refractivity contribution in [1.29, 1.82) is 0 Å². The number of carbonyl (C=O) groups excluding carboxylic acids is 1. The lowest BCUT2D eigenvalue weighted by atomic mass is 10.2. The number of nitrogens with one attached hydrogen (secondary N) is 1. The van der Waals surface area contributed by atoms with E-state index in [2.05, 4.69) is 5.32 Å². The lowest BCUT2D eigenvalue weighted by Gasteiger charge is -2.07. The van der Waals surface area contributed by atoms with Crippen LogP contribution in [0.4, 0.5) is 0 Å². The standard InChI is InChI=1S/C20H27NO4S/c1-15(2)24-12-4-11-21-20(22)19-10-9-18(25-19)14-26(23)13-17-7-5-16(3)6-8-17/h5-10,15H,4,11-14H2,1-3H3,(H,21,22)/t26-/m0/s1. The summed E-state index contributed by atoms with van der Waals surface area (Å²) in [6.07, 6.45) is 0.942. The third kappa shape index (κ3) is 7.14. The number of rotatable bonds is 10. The van der Waals surface area contributed by atoms with Gasteiger partial charge in [0.05, 0.1) is 11.9 Å². The minimum absolute atomic E-state index is 0.194. The topological polar surface area (TPSA) is 68.5 Å². The fourth-order valence-electron chi connectivity index (χ4n) is 2.34. The number of furan rings is 1. The Labute approximate surface area is 157 Å². The Hall–Kier alpha value is -1.92. The molecule has 0 bridgehead atoms. The van der Waals surface area contributed by atoms with Crippen molar-refractivity contribution in [2.75, 3.05) is 13.2 Å². The van der Waals surface area contributed by atoms with E-state index < -0.39 is 10.8 Å². The molecule has 0 aliphatic carbocycles. The molecular formula is C20H27NO4S. The third-order valence-corrected chi connectivity index (χ3v) is 4.96. The van der Waals surface area contributed by atoms with Crippen LogP contribution in [0.2, 0.25) is 0 Å². The molecule has 1 N–H and O–H groups in total. The summed E-state index contributed by atoms with van der Waals surface area (Å²) in [5.41, 5.74) is 2.21. The predicted octanol–water partition coefficient (Wildman–Crippen LogP) is 3.58. The van der Waals surface area contributed by atoms with Crippen molar-refractivity contribution < 1.29 is 18.2 Å². The Bertz CT molecular complexity index is 722. The fraction of sp³-hybridized carbons (Fsp3) is 0.450. The lowest BCUT2D eigenvalue weighted by molar-refractivity contribution is 0.0753. The maximum atomic E-state index is 12.3. The molecule has 0 unspecified atom stereocenters. The number of amides is 1. The summed E-state index contributed by atoms with van der Waals surface area (Å²) in [7, 11) is -1.08. The van der Waals surface area contributed by atoms with Gasteiger partial charge in [-0.3, -0.25) is 9.00 Å². The average Bonchev–Trinajstić information content (AvgIpc) is 3.04. The van der Waals surface area contributed by atoms with Gasteiger partial charge < -0.3 is 14.5 Å². The molecule has 0 aliphatic rings. The van der Waals surface area contributed by atoms with Crippen LogP contribution >= 0.6 is 0 Å². The number of hydrogen-bond acceptors (Lipinski definition) is 4. The molecule has 0 saturated heterocycles. The van der Waals surface area contributed by atoms with Crippen molar-refractivity contribution in [3.05, 3.63) is 59.0 Å². The largest absolute Gasteiger partial charge is 0.455 e. The molecule has 1 amide bonds. The van der Waals surface area contributed by atoms with Gasteiger partial charge in [-0.25, -0.2) is 0 Å². The summed E-state index contributed by atoms with van der Waals surface area (Å²) < 4.78 is 23.2. The number of ether oxygens (including phenoxy) is 1. The van der Waals surface area contributed by atoms with E-state index in [1.165, 1.54) is 5.56 Å². The normalized spacial score (nSPS) is 12.3.